The molecule has 0 aliphatic heterocycles. The van der Waals surface area contributed by atoms with Gasteiger partial charge in [-0.3, -0.25) is 0 Å². The molecular weight excluding hydrogens is 292 g/mol. The minimum Gasteiger partial charge on any atom is -0.489 e. The van der Waals surface area contributed by atoms with Gasteiger partial charge in [-0.15, -0.1) is 0 Å². The minimum atomic E-state index is -0.548. The van der Waals surface area contributed by atoms with Crippen molar-refractivity contribution in [3.8, 4) is 5.75 Å². The first-order valence-electron chi connectivity index (χ1n) is 5.81. The number of rotatable bonds is 4. The quantitative estimate of drug-likeness (QED) is 0.922. The molecule has 0 bridgehead atoms. The molecule has 0 saturated heterocycles. The smallest absolute Gasteiger partial charge is 0.125 e. The molecule has 0 aromatic heterocycles. The monoisotopic (exact) mass is 306 g/mol. The number of hydrogen-bond donors (Lipinski definition) is 1. The molecule has 2 rings (SSSR count). The van der Waals surface area contributed by atoms with Crippen LogP contribution in [0, 0.1) is 0 Å². The van der Waals surface area contributed by atoms with Gasteiger partial charge in [0, 0.05) is 10.0 Å². The van der Waals surface area contributed by atoms with Gasteiger partial charge in [0.05, 0.1) is 6.10 Å². The maximum atomic E-state index is 9.73. The summed E-state index contributed by atoms with van der Waals surface area (Å²) in [5, 5.41) is 9.73. The lowest BCUT2D eigenvalue weighted by Crippen LogP contribution is -2.00. The molecule has 1 N–H and O–H groups in total. The van der Waals surface area contributed by atoms with Gasteiger partial charge in [-0.25, -0.2) is 0 Å². The predicted molar refractivity (Wildman–Crippen MR) is 75.5 cm³/mol. The highest BCUT2D eigenvalue weighted by Gasteiger charge is 2.09. The van der Waals surface area contributed by atoms with E-state index < -0.39 is 6.10 Å². The second kappa shape index (κ2) is 6.03. The van der Waals surface area contributed by atoms with E-state index in [1.54, 1.807) is 6.92 Å². The van der Waals surface area contributed by atoms with Gasteiger partial charge in [0.1, 0.15) is 12.4 Å². The highest BCUT2D eigenvalue weighted by atomic mass is 79.9. The third kappa shape index (κ3) is 3.34. The first kappa shape index (κ1) is 13.1. The van der Waals surface area contributed by atoms with Gasteiger partial charge in [0.15, 0.2) is 0 Å². The molecule has 1 atom stereocenters. The van der Waals surface area contributed by atoms with Gasteiger partial charge in [-0.1, -0.05) is 46.3 Å². The lowest BCUT2D eigenvalue weighted by molar-refractivity contribution is 0.190. The fourth-order valence-electron chi connectivity index (χ4n) is 1.71. The first-order chi connectivity index (χ1) is 8.66. The number of ether oxygens (including phenoxy) is 1. The van der Waals surface area contributed by atoms with Crippen LogP contribution in [0.4, 0.5) is 0 Å². The molecule has 0 amide bonds. The molecule has 2 nitrogen and oxygen atoms in total. The molecule has 0 saturated carbocycles. The minimum absolute atomic E-state index is 0.502. The van der Waals surface area contributed by atoms with Gasteiger partial charge in [-0.2, -0.15) is 0 Å². The van der Waals surface area contributed by atoms with Crippen LogP contribution < -0.4 is 4.74 Å². The van der Waals surface area contributed by atoms with Crippen molar-refractivity contribution in [2.75, 3.05) is 0 Å². The number of aliphatic hydroxyl groups excluding tert-OH is 1. The van der Waals surface area contributed by atoms with Crippen molar-refractivity contribution in [3.05, 3.63) is 64.1 Å². The van der Waals surface area contributed by atoms with E-state index in [-0.39, 0.29) is 0 Å². The molecule has 0 fully saturated rings. The molecule has 0 radical (unpaired) electrons. The summed E-state index contributed by atoms with van der Waals surface area (Å²) in [6, 6.07) is 15.6. The fraction of sp³-hybridized carbons (Fsp3) is 0.200. The SMILES string of the molecule is CC(O)c1cc(Br)ccc1OCc1ccccc1. The largest absolute Gasteiger partial charge is 0.489 e. The Bertz CT molecular complexity index is 509. The predicted octanol–water partition coefficient (Wildman–Crippen LogP) is 4.08. The Balaban J connectivity index is 2.14. The Morgan fingerprint density at radius 3 is 2.56 bits per heavy atom. The van der Waals surface area contributed by atoms with Crippen molar-refractivity contribution in [3.63, 3.8) is 0 Å². The number of benzene rings is 2. The summed E-state index contributed by atoms with van der Waals surface area (Å²) in [6.07, 6.45) is -0.548. The lowest BCUT2D eigenvalue weighted by atomic mass is 10.1. The third-order valence-electron chi connectivity index (χ3n) is 2.66. The van der Waals surface area contributed by atoms with Gasteiger partial charge < -0.3 is 9.84 Å². The molecule has 2 aromatic rings. The summed E-state index contributed by atoms with van der Waals surface area (Å²) < 4.78 is 6.69. The van der Waals surface area contributed by atoms with Gasteiger partial charge in [0.25, 0.3) is 0 Å². The third-order valence-corrected chi connectivity index (χ3v) is 3.15. The van der Waals surface area contributed by atoms with Gasteiger partial charge >= 0.3 is 0 Å². The summed E-state index contributed by atoms with van der Waals surface area (Å²) in [4.78, 5) is 0. The van der Waals surface area contributed by atoms with Crippen LogP contribution >= 0.6 is 15.9 Å². The number of halogens is 1. The van der Waals surface area contributed by atoms with E-state index >= 15 is 0 Å². The average molecular weight is 307 g/mol. The van der Waals surface area contributed by atoms with Crippen LogP contribution in [-0.2, 0) is 6.61 Å². The molecule has 0 aliphatic carbocycles. The van der Waals surface area contributed by atoms with Crippen molar-refractivity contribution in [1.29, 1.82) is 0 Å². The van der Waals surface area contributed by atoms with Crippen molar-refractivity contribution < 1.29 is 9.84 Å². The van der Waals surface area contributed by atoms with Crippen molar-refractivity contribution in [1.82, 2.24) is 0 Å². The average Bonchev–Trinajstić information content (AvgIpc) is 2.38. The number of hydrogen-bond acceptors (Lipinski definition) is 2. The van der Waals surface area contributed by atoms with Crippen LogP contribution in [-0.4, -0.2) is 5.11 Å². The normalized spacial score (nSPS) is 12.2. The zero-order chi connectivity index (χ0) is 13.0. The molecular formula is C15H15BrO2. The molecule has 0 heterocycles. The van der Waals surface area contributed by atoms with E-state index in [4.69, 9.17) is 4.74 Å². The molecule has 2 aromatic carbocycles. The standard InChI is InChI=1S/C15H15BrO2/c1-11(17)14-9-13(16)7-8-15(14)18-10-12-5-3-2-4-6-12/h2-9,11,17H,10H2,1H3. The number of aliphatic hydroxyl groups is 1. The fourth-order valence-corrected chi connectivity index (χ4v) is 2.09. The van der Waals surface area contributed by atoms with Crippen LogP contribution in [0.3, 0.4) is 0 Å². The van der Waals surface area contributed by atoms with E-state index in [1.807, 2.05) is 48.5 Å². The summed E-state index contributed by atoms with van der Waals surface area (Å²) in [5.41, 5.74) is 1.90. The van der Waals surface area contributed by atoms with Crippen LogP contribution in [0.1, 0.15) is 24.2 Å². The van der Waals surface area contributed by atoms with E-state index in [9.17, 15) is 5.11 Å². The van der Waals surface area contributed by atoms with E-state index in [1.165, 1.54) is 0 Å². The Labute approximate surface area is 115 Å². The van der Waals surface area contributed by atoms with E-state index in [0.29, 0.717) is 6.61 Å². The van der Waals surface area contributed by atoms with E-state index in [0.717, 1.165) is 21.3 Å². The highest BCUT2D eigenvalue weighted by molar-refractivity contribution is 9.10. The Morgan fingerprint density at radius 2 is 1.89 bits per heavy atom. The van der Waals surface area contributed by atoms with Crippen LogP contribution in [0.15, 0.2) is 53.0 Å². The van der Waals surface area contributed by atoms with Crippen LogP contribution in [0.2, 0.25) is 0 Å². The summed E-state index contributed by atoms with van der Waals surface area (Å²) >= 11 is 3.39. The molecule has 3 heteroatoms. The maximum Gasteiger partial charge on any atom is 0.125 e. The second-order valence-corrected chi connectivity index (χ2v) is 5.05. The molecule has 0 aliphatic rings. The topological polar surface area (TPSA) is 29.5 Å². The van der Waals surface area contributed by atoms with Crippen molar-refractivity contribution in [2.24, 2.45) is 0 Å². The Morgan fingerprint density at radius 1 is 1.17 bits per heavy atom. The van der Waals surface area contributed by atoms with Crippen molar-refractivity contribution >= 4 is 15.9 Å². The highest BCUT2D eigenvalue weighted by Crippen LogP contribution is 2.29. The van der Waals surface area contributed by atoms with Gasteiger partial charge in [-0.05, 0) is 30.7 Å². The Kier molecular flexibility index (Phi) is 4.39. The second-order valence-electron chi connectivity index (χ2n) is 4.13. The van der Waals surface area contributed by atoms with Gasteiger partial charge in [0.2, 0.25) is 0 Å². The zero-order valence-corrected chi connectivity index (χ0v) is 11.7. The maximum absolute atomic E-state index is 9.73. The molecule has 1 unspecified atom stereocenters. The Hall–Kier alpha value is -1.32. The van der Waals surface area contributed by atoms with Crippen LogP contribution in [0.25, 0.3) is 0 Å². The van der Waals surface area contributed by atoms with Crippen molar-refractivity contribution in [2.45, 2.75) is 19.6 Å². The summed E-state index contributed by atoms with van der Waals surface area (Å²) in [7, 11) is 0. The van der Waals surface area contributed by atoms with E-state index in [2.05, 4.69) is 15.9 Å². The molecule has 0 spiro atoms. The molecule has 18 heavy (non-hydrogen) atoms. The zero-order valence-electron chi connectivity index (χ0n) is 10.1. The summed E-state index contributed by atoms with van der Waals surface area (Å²) in [5.74, 6) is 0.719. The molecule has 94 valence electrons. The van der Waals surface area contributed by atoms with Crippen LogP contribution in [0.5, 0.6) is 5.75 Å². The lowest BCUT2D eigenvalue weighted by Gasteiger charge is -2.14. The first-order valence-corrected chi connectivity index (χ1v) is 6.60. The summed E-state index contributed by atoms with van der Waals surface area (Å²) in [6.45, 7) is 2.24.